The molecule has 3 rings (SSSR count). The van der Waals surface area contributed by atoms with Crippen LogP contribution in [-0.2, 0) is 6.61 Å². The number of benzene rings is 3. The summed E-state index contributed by atoms with van der Waals surface area (Å²) in [6.07, 6.45) is 1.69. The third-order valence-corrected chi connectivity index (χ3v) is 3.55. The molecule has 0 aliphatic rings. The standard InChI is InChI=1S/C20H16F2O2/c1-2-9-23-17-6-3-14(4-7-17)13-24-18-8-5-15-11-19(21)20(22)12-16(15)10-18/h2-8,10-12H,1,9,13H2. The van der Waals surface area contributed by atoms with Crippen molar-refractivity contribution >= 4 is 10.8 Å². The molecular weight excluding hydrogens is 310 g/mol. The highest BCUT2D eigenvalue weighted by atomic mass is 19.2. The number of halogens is 2. The van der Waals surface area contributed by atoms with E-state index in [2.05, 4.69) is 6.58 Å². The predicted octanol–water partition coefficient (Wildman–Crippen LogP) is 5.26. The molecule has 0 amide bonds. The average Bonchev–Trinajstić information content (AvgIpc) is 2.60. The molecule has 3 aromatic rings. The minimum absolute atomic E-state index is 0.372. The van der Waals surface area contributed by atoms with Crippen LogP contribution < -0.4 is 9.47 Å². The highest BCUT2D eigenvalue weighted by Crippen LogP contribution is 2.24. The topological polar surface area (TPSA) is 18.5 Å². The number of fused-ring (bicyclic) bond motifs is 1. The lowest BCUT2D eigenvalue weighted by molar-refractivity contribution is 0.306. The highest BCUT2D eigenvalue weighted by Gasteiger charge is 2.05. The summed E-state index contributed by atoms with van der Waals surface area (Å²) in [4.78, 5) is 0. The minimum atomic E-state index is -0.866. The lowest BCUT2D eigenvalue weighted by Crippen LogP contribution is -1.97. The second-order valence-corrected chi connectivity index (χ2v) is 5.31. The average molecular weight is 326 g/mol. The van der Waals surface area contributed by atoms with Crippen LogP contribution in [0.3, 0.4) is 0 Å². The fourth-order valence-corrected chi connectivity index (χ4v) is 2.31. The van der Waals surface area contributed by atoms with E-state index in [-0.39, 0.29) is 0 Å². The lowest BCUT2D eigenvalue weighted by Gasteiger charge is -2.09. The van der Waals surface area contributed by atoms with Crippen molar-refractivity contribution in [3.63, 3.8) is 0 Å². The third-order valence-electron chi connectivity index (χ3n) is 3.55. The Morgan fingerprint density at radius 3 is 2.17 bits per heavy atom. The Labute approximate surface area is 138 Å². The second kappa shape index (κ2) is 7.13. The van der Waals surface area contributed by atoms with Crippen molar-refractivity contribution in [1.29, 1.82) is 0 Å². The maximum atomic E-state index is 13.3. The van der Waals surface area contributed by atoms with Crippen molar-refractivity contribution in [1.82, 2.24) is 0 Å². The molecule has 0 spiro atoms. The van der Waals surface area contributed by atoms with Gasteiger partial charge in [-0.2, -0.15) is 0 Å². The van der Waals surface area contributed by atoms with E-state index in [0.717, 1.165) is 11.3 Å². The van der Waals surface area contributed by atoms with E-state index in [1.165, 1.54) is 12.1 Å². The molecule has 0 unspecified atom stereocenters. The van der Waals surface area contributed by atoms with Crippen LogP contribution in [0.1, 0.15) is 5.56 Å². The predicted molar refractivity (Wildman–Crippen MR) is 90.3 cm³/mol. The molecule has 4 heteroatoms. The first-order chi connectivity index (χ1) is 11.7. The Balaban J connectivity index is 1.68. The van der Waals surface area contributed by atoms with Gasteiger partial charge in [0.15, 0.2) is 11.6 Å². The largest absolute Gasteiger partial charge is 0.490 e. The first-order valence-corrected chi connectivity index (χ1v) is 7.50. The lowest BCUT2D eigenvalue weighted by atomic mass is 10.1. The Kier molecular flexibility index (Phi) is 4.75. The van der Waals surface area contributed by atoms with Crippen molar-refractivity contribution in [3.8, 4) is 11.5 Å². The van der Waals surface area contributed by atoms with Crippen LogP contribution in [0, 0.1) is 11.6 Å². The number of rotatable bonds is 6. The molecule has 0 fully saturated rings. The quantitative estimate of drug-likeness (QED) is 0.575. The van der Waals surface area contributed by atoms with Crippen LogP contribution >= 0.6 is 0 Å². The SMILES string of the molecule is C=CCOc1ccc(COc2ccc3cc(F)c(F)cc3c2)cc1. The summed E-state index contributed by atoms with van der Waals surface area (Å²) < 4.78 is 37.7. The first kappa shape index (κ1) is 16.0. The molecule has 24 heavy (non-hydrogen) atoms. The zero-order valence-corrected chi connectivity index (χ0v) is 13.0. The molecule has 122 valence electrons. The summed E-state index contributed by atoms with van der Waals surface area (Å²) in [5.41, 5.74) is 0.978. The van der Waals surface area contributed by atoms with Crippen molar-refractivity contribution in [3.05, 3.63) is 84.5 Å². The fraction of sp³-hybridized carbons (Fsp3) is 0.100. The van der Waals surface area contributed by atoms with Crippen molar-refractivity contribution in [2.24, 2.45) is 0 Å². The zero-order chi connectivity index (χ0) is 16.9. The molecule has 0 saturated carbocycles. The van der Waals surface area contributed by atoms with E-state index in [1.807, 2.05) is 24.3 Å². The normalized spacial score (nSPS) is 10.6. The van der Waals surface area contributed by atoms with Crippen LogP contribution in [-0.4, -0.2) is 6.61 Å². The minimum Gasteiger partial charge on any atom is -0.490 e. The molecule has 0 aliphatic heterocycles. The molecule has 0 N–H and O–H groups in total. The van der Waals surface area contributed by atoms with Crippen LogP contribution in [0.15, 0.2) is 67.3 Å². The van der Waals surface area contributed by atoms with Crippen LogP contribution in [0.5, 0.6) is 11.5 Å². The second-order valence-electron chi connectivity index (χ2n) is 5.31. The third kappa shape index (κ3) is 3.71. The van der Waals surface area contributed by atoms with Gasteiger partial charge in [-0.25, -0.2) is 8.78 Å². The summed E-state index contributed by atoms with van der Waals surface area (Å²) in [5, 5.41) is 1.23. The van der Waals surface area contributed by atoms with Gasteiger partial charge >= 0.3 is 0 Å². The summed E-state index contributed by atoms with van der Waals surface area (Å²) in [6, 6.07) is 15.0. The summed E-state index contributed by atoms with van der Waals surface area (Å²) in [7, 11) is 0. The van der Waals surface area contributed by atoms with Crippen molar-refractivity contribution in [2.45, 2.75) is 6.61 Å². The molecule has 0 heterocycles. The molecule has 0 aliphatic carbocycles. The van der Waals surface area contributed by atoms with Crippen molar-refractivity contribution in [2.75, 3.05) is 6.61 Å². The van der Waals surface area contributed by atoms with Gasteiger partial charge in [0, 0.05) is 0 Å². The van der Waals surface area contributed by atoms with Gasteiger partial charge in [-0.1, -0.05) is 30.9 Å². The maximum Gasteiger partial charge on any atom is 0.159 e. The van der Waals surface area contributed by atoms with Gasteiger partial charge in [-0.05, 0) is 52.7 Å². The van der Waals surface area contributed by atoms with Gasteiger partial charge in [0.2, 0.25) is 0 Å². The van der Waals surface area contributed by atoms with E-state index in [0.29, 0.717) is 29.7 Å². The van der Waals surface area contributed by atoms with E-state index >= 15 is 0 Å². The van der Waals surface area contributed by atoms with Gasteiger partial charge in [0.25, 0.3) is 0 Å². The first-order valence-electron chi connectivity index (χ1n) is 7.50. The van der Waals surface area contributed by atoms with E-state index in [1.54, 1.807) is 24.3 Å². The van der Waals surface area contributed by atoms with Crippen LogP contribution in [0.2, 0.25) is 0 Å². The van der Waals surface area contributed by atoms with Gasteiger partial charge < -0.3 is 9.47 Å². The smallest absolute Gasteiger partial charge is 0.159 e. The Hall–Kier alpha value is -2.88. The van der Waals surface area contributed by atoms with Crippen molar-refractivity contribution < 1.29 is 18.3 Å². The number of hydrogen-bond donors (Lipinski definition) is 0. The van der Waals surface area contributed by atoms with Gasteiger partial charge in [0.05, 0.1) is 0 Å². The summed E-state index contributed by atoms with van der Waals surface area (Å²) in [6.45, 7) is 4.43. The summed E-state index contributed by atoms with van der Waals surface area (Å²) >= 11 is 0. The molecular formula is C20H16F2O2. The van der Waals surface area contributed by atoms with Gasteiger partial charge in [0.1, 0.15) is 24.7 Å². The van der Waals surface area contributed by atoms with E-state index in [9.17, 15) is 8.78 Å². The van der Waals surface area contributed by atoms with Gasteiger partial charge in [-0.15, -0.1) is 0 Å². The fourth-order valence-electron chi connectivity index (χ4n) is 2.31. The highest BCUT2D eigenvalue weighted by molar-refractivity contribution is 5.84. The van der Waals surface area contributed by atoms with Crippen LogP contribution in [0.25, 0.3) is 10.8 Å². The molecule has 0 atom stereocenters. The van der Waals surface area contributed by atoms with E-state index in [4.69, 9.17) is 9.47 Å². The van der Waals surface area contributed by atoms with E-state index < -0.39 is 11.6 Å². The maximum absolute atomic E-state index is 13.3. The molecule has 0 radical (unpaired) electrons. The molecule has 0 saturated heterocycles. The number of ether oxygens (including phenoxy) is 2. The zero-order valence-electron chi connectivity index (χ0n) is 13.0. The number of hydrogen-bond acceptors (Lipinski definition) is 2. The summed E-state index contributed by atoms with van der Waals surface area (Å²) in [5.74, 6) is -0.355. The Morgan fingerprint density at radius 1 is 0.792 bits per heavy atom. The molecule has 0 aromatic heterocycles. The molecule has 2 nitrogen and oxygen atoms in total. The van der Waals surface area contributed by atoms with Crippen LogP contribution in [0.4, 0.5) is 8.78 Å². The van der Waals surface area contributed by atoms with Gasteiger partial charge in [-0.3, -0.25) is 0 Å². The Bertz CT molecular complexity index is 857. The monoisotopic (exact) mass is 326 g/mol. The Morgan fingerprint density at radius 2 is 1.46 bits per heavy atom. The molecule has 0 bridgehead atoms. The molecule has 3 aromatic carbocycles.